The average molecular weight is 136 g/mol. The summed E-state index contributed by atoms with van der Waals surface area (Å²) in [6.07, 6.45) is 9.12. The van der Waals surface area contributed by atoms with Crippen molar-refractivity contribution in [1.29, 1.82) is 0 Å². The number of hydrogen-bond acceptors (Lipinski definition) is 2. The number of hydrazone groups is 1. The first kappa shape index (κ1) is 7.06. The lowest BCUT2D eigenvalue weighted by Crippen LogP contribution is -2.07. The van der Waals surface area contributed by atoms with E-state index in [1.54, 1.807) is 0 Å². The van der Waals surface area contributed by atoms with Gasteiger partial charge in [0, 0.05) is 20.5 Å². The highest BCUT2D eigenvalue weighted by molar-refractivity contribution is 5.96. The smallest absolute Gasteiger partial charge is 0.0642 e. The Bertz CT molecular complexity index is 187. The van der Waals surface area contributed by atoms with E-state index in [1.807, 2.05) is 37.3 Å². The van der Waals surface area contributed by atoms with Gasteiger partial charge >= 0.3 is 0 Å². The highest BCUT2D eigenvalue weighted by Crippen LogP contribution is 1.99. The fourth-order valence-electron chi connectivity index (χ4n) is 0.833. The zero-order valence-electron chi connectivity index (χ0n) is 6.41. The SMILES string of the molecule is CN(C)/N=C1/C=CC=CC1. The molecule has 1 aliphatic rings. The van der Waals surface area contributed by atoms with Gasteiger partial charge in [-0.15, -0.1) is 0 Å². The van der Waals surface area contributed by atoms with Crippen LogP contribution in [-0.4, -0.2) is 24.8 Å². The van der Waals surface area contributed by atoms with Crippen molar-refractivity contribution < 1.29 is 0 Å². The van der Waals surface area contributed by atoms with Crippen molar-refractivity contribution in [1.82, 2.24) is 5.01 Å². The van der Waals surface area contributed by atoms with Crippen LogP contribution >= 0.6 is 0 Å². The number of allylic oxidation sites excluding steroid dienone is 4. The molecule has 0 atom stereocenters. The van der Waals surface area contributed by atoms with E-state index in [4.69, 9.17) is 0 Å². The minimum atomic E-state index is 0.953. The maximum atomic E-state index is 4.25. The molecule has 0 saturated heterocycles. The lowest BCUT2D eigenvalue weighted by molar-refractivity contribution is 0.437. The van der Waals surface area contributed by atoms with Gasteiger partial charge in [-0.25, -0.2) is 0 Å². The summed E-state index contributed by atoms with van der Waals surface area (Å²) >= 11 is 0. The largest absolute Gasteiger partial charge is 0.303 e. The molecule has 0 unspecified atom stereocenters. The second-order valence-electron chi connectivity index (χ2n) is 2.43. The first-order chi connectivity index (χ1) is 4.79. The summed E-state index contributed by atoms with van der Waals surface area (Å²) in [6, 6.07) is 0. The van der Waals surface area contributed by atoms with E-state index in [-0.39, 0.29) is 0 Å². The molecule has 0 amide bonds. The standard InChI is InChI=1S/C8H12N2/c1-10(2)9-8-6-4-3-5-7-8/h3-6H,7H2,1-2H3/b9-8-. The highest BCUT2D eigenvalue weighted by Gasteiger charge is 1.94. The Kier molecular flexibility index (Phi) is 2.26. The van der Waals surface area contributed by atoms with Crippen LogP contribution < -0.4 is 0 Å². The predicted octanol–water partition coefficient (Wildman–Crippen LogP) is 1.42. The van der Waals surface area contributed by atoms with Gasteiger partial charge in [0.15, 0.2) is 0 Å². The molecule has 0 aliphatic heterocycles. The van der Waals surface area contributed by atoms with Crippen molar-refractivity contribution in [2.45, 2.75) is 6.42 Å². The maximum Gasteiger partial charge on any atom is 0.0642 e. The lowest BCUT2D eigenvalue weighted by Gasteiger charge is -2.07. The van der Waals surface area contributed by atoms with Gasteiger partial charge in [0.1, 0.15) is 0 Å². The fourth-order valence-corrected chi connectivity index (χ4v) is 0.833. The molecule has 0 aromatic carbocycles. The van der Waals surface area contributed by atoms with E-state index in [9.17, 15) is 0 Å². The summed E-state index contributed by atoms with van der Waals surface area (Å²) in [6.45, 7) is 0. The third-order valence-electron chi connectivity index (χ3n) is 1.19. The van der Waals surface area contributed by atoms with Crippen LogP contribution in [0.2, 0.25) is 0 Å². The second-order valence-corrected chi connectivity index (χ2v) is 2.43. The molecule has 0 aromatic heterocycles. The Hall–Kier alpha value is -1.05. The van der Waals surface area contributed by atoms with Crippen molar-refractivity contribution in [2.24, 2.45) is 5.10 Å². The Morgan fingerprint density at radius 2 is 2.20 bits per heavy atom. The molecule has 1 rings (SSSR count). The van der Waals surface area contributed by atoms with Gasteiger partial charge in [0.2, 0.25) is 0 Å². The molecule has 0 N–H and O–H groups in total. The quantitative estimate of drug-likeness (QED) is 0.498. The Morgan fingerprint density at radius 1 is 1.40 bits per heavy atom. The molecule has 1 aliphatic carbocycles. The van der Waals surface area contributed by atoms with Crippen LogP contribution in [0.25, 0.3) is 0 Å². The van der Waals surface area contributed by atoms with E-state index in [2.05, 4.69) is 11.2 Å². The van der Waals surface area contributed by atoms with Crippen LogP contribution in [-0.2, 0) is 0 Å². The van der Waals surface area contributed by atoms with E-state index >= 15 is 0 Å². The summed E-state index contributed by atoms with van der Waals surface area (Å²) in [7, 11) is 3.86. The van der Waals surface area contributed by atoms with Gasteiger partial charge in [-0.1, -0.05) is 18.2 Å². The molecule has 0 aromatic rings. The first-order valence-electron chi connectivity index (χ1n) is 3.37. The number of nitrogens with zero attached hydrogens (tertiary/aromatic N) is 2. The molecule has 0 radical (unpaired) electrons. The third-order valence-corrected chi connectivity index (χ3v) is 1.19. The zero-order valence-corrected chi connectivity index (χ0v) is 6.41. The van der Waals surface area contributed by atoms with Gasteiger partial charge in [-0.05, 0) is 6.08 Å². The summed E-state index contributed by atoms with van der Waals surface area (Å²) < 4.78 is 0. The van der Waals surface area contributed by atoms with Crippen LogP contribution in [0, 0.1) is 0 Å². The lowest BCUT2D eigenvalue weighted by atomic mass is 10.2. The van der Waals surface area contributed by atoms with Crippen LogP contribution in [0.3, 0.4) is 0 Å². The topological polar surface area (TPSA) is 15.6 Å². The van der Waals surface area contributed by atoms with Gasteiger partial charge < -0.3 is 5.01 Å². The Morgan fingerprint density at radius 3 is 2.70 bits per heavy atom. The van der Waals surface area contributed by atoms with Crippen molar-refractivity contribution in [3.05, 3.63) is 24.3 Å². The van der Waals surface area contributed by atoms with Crippen LogP contribution in [0.5, 0.6) is 0 Å². The summed E-state index contributed by atoms with van der Waals surface area (Å²) in [5.41, 5.74) is 1.12. The minimum Gasteiger partial charge on any atom is -0.303 e. The van der Waals surface area contributed by atoms with Crippen LogP contribution in [0.4, 0.5) is 0 Å². The fraction of sp³-hybridized carbons (Fsp3) is 0.375. The molecule has 10 heavy (non-hydrogen) atoms. The average Bonchev–Trinajstić information content (AvgIpc) is 1.88. The van der Waals surface area contributed by atoms with Crippen LogP contribution in [0.1, 0.15) is 6.42 Å². The highest BCUT2D eigenvalue weighted by atomic mass is 15.4. The van der Waals surface area contributed by atoms with Crippen molar-refractivity contribution in [3.8, 4) is 0 Å². The summed E-state index contributed by atoms with van der Waals surface area (Å²) in [5, 5.41) is 6.07. The van der Waals surface area contributed by atoms with E-state index in [0.29, 0.717) is 0 Å². The summed E-state index contributed by atoms with van der Waals surface area (Å²) in [5.74, 6) is 0. The van der Waals surface area contributed by atoms with Crippen molar-refractivity contribution in [2.75, 3.05) is 14.1 Å². The molecule has 0 bridgehead atoms. The Balaban J connectivity index is 2.58. The first-order valence-corrected chi connectivity index (χ1v) is 3.37. The number of rotatable bonds is 1. The molecule has 0 saturated carbocycles. The third kappa shape index (κ3) is 2.05. The van der Waals surface area contributed by atoms with Gasteiger partial charge in [-0.2, -0.15) is 5.10 Å². The van der Waals surface area contributed by atoms with Gasteiger partial charge in [0.25, 0.3) is 0 Å². The van der Waals surface area contributed by atoms with E-state index in [1.165, 1.54) is 0 Å². The molecule has 0 fully saturated rings. The van der Waals surface area contributed by atoms with E-state index in [0.717, 1.165) is 12.1 Å². The molecular formula is C8H12N2. The zero-order chi connectivity index (χ0) is 7.40. The molecule has 2 heteroatoms. The second kappa shape index (κ2) is 3.20. The molecular weight excluding hydrogens is 124 g/mol. The predicted molar refractivity (Wildman–Crippen MR) is 44.0 cm³/mol. The molecule has 0 spiro atoms. The number of hydrogen-bond donors (Lipinski definition) is 0. The van der Waals surface area contributed by atoms with Crippen molar-refractivity contribution in [3.63, 3.8) is 0 Å². The van der Waals surface area contributed by atoms with E-state index < -0.39 is 0 Å². The maximum absolute atomic E-state index is 4.25. The van der Waals surface area contributed by atoms with Gasteiger partial charge in [-0.3, -0.25) is 0 Å². The Labute approximate surface area is 61.5 Å². The molecule has 54 valence electrons. The summed E-state index contributed by atoms with van der Waals surface area (Å²) in [4.78, 5) is 0. The normalized spacial score (nSPS) is 20.0. The van der Waals surface area contributed by atoms with Gasteiger partial charge in [0.05, 0.1) is 5.71 Å². The van der Waals surface area contributed by atoms with Crippen LogP contribution in [0.15, 0.2) is 29.4 Å². The molecule has 2 nitrogen and oxygen atoms in total. The van der Waals surface area contributed by atoms with Crippen molar-refractivity contribution >= 4 is 5.71 Å². The minimum absolute atomic E-state index is 0.953. The monoisotopic (exact) mass is 136 g/mol. The molecule has 0 heterocycles.